The van der Waals surface area contributed by atoms with Crippen LogP contribution < -0.4 is 10.3 Å². The molecule has 2 aromatic heterocycles. The van der Waals surface area contributed by atoms with Crippen LogP contribution in [0.2, 0.25) is 0 Å². The summed E-state index contributed by atoms with van der Waals surface area (Å²) in [5, 5.41) is 30.8. The fourth-order valence-corrected chi connectivity index (χ4v) is 6.73. The molecule has 0 aromatic carbocycles. The Morgan fingerprint density at radius 1 is 1.43 bits per heavy atom. The smallest absolute Gasteiger partial charge is 0.331 e. The molecule has 4 rings (SSSR count). The van der Waals surface area contributed by atoms with Gasteiger partial charge in [-0.2, -0.15) is 4.40 Å². The highest BCUT2D eigenvalue weighted by Crippen LogP contribution is 2.49. The summed E-state index contributed by atoms with van der Waals surface area (Å²) in [4.78, 5) is 27.7. The minimum Gasteiger partial charge on any atom is -0.479 e. The summed E-state index contributed by atoms with van der Waals surface area (Å²) in [6.45, 7) is 3.95. The van der Waals surface area contributed by atoms with Crippen LogP contribution in [0.25, 0.3) is 10.4 Å². The highest BCUT2D eigenvalue weighted by Gasteiger charge is 2.60. The largest absolute Gasteiger partial charge is 0.479 e. The second kappa shape index (κ2) is 7.65. The van der Waals surface area contributed by atoms with Gasteiger partial charge in [0, 0.05) is 12.1 Å². The monoisotopic (exact) mass is 453 g/mol. The molecule has 2 aliphatic rings. The molecule has 1 amide bonds. The topological polar surface area (TPSA) is 132 Å². The first kappa shape index (κ1) is 21.3. The van der Waals surface area contributed by atoms with Crippen LogP contribution in [-0.4, -0.2) is 73.6 Å². The molecule has 0 radical (unpaired) electrons. The number of thiazole rings is 1. The van der Waals surface area contributed by atoms with Crippen LogP contribution in [-0.2, 0) is 16.1 Å². The number of carbonyl (C=O) groups is 2. The molecule has 5 atom stereocenters. The van der Waals surface area contributed by atoms with Gasteiger partial charge >= 0.3 is 5.97 Å². The number of β-lactam (4-membered cyclic amide) rings is 1. The number of thioether (sulfide) groups is 1. The Kier molecular flexibility index (Phi) is 5.43. The zero-order valence-electron chi connectivity index (χ0n) is 16.8. The lowest BCUT2D eigenvalue weighted by atomic mass is 9.81. The number of aliphatic carboxylic acids is 1. The van der Waals surface area contributed by atoms with Crippen LogP contribution in [0.15, 0.2) is 23.1 Å². The highest BCUT2D eigenvalue weighted by molar-refractivity contribution is 7.98. The molecule has 30 heavy (non-hydrogen) atoms. The fourth-order valence-electron chi connectivity index (χ4n) is 4.55. The molecule has 0 aliphatic carbocycles. The average Bonchev–Trinajstić information content (AvgIpc) is 3.28. The van der Waals surface area contributed by atoms with Gasteiger partial charge in [-0.15, -0.1) is 0 Å². The van der Waals surface area contributed by atoms with E-state index in [1.807, 2.05) is 34.7 Å². The lowest BCUT2D eigenvalue weighted by Crippen LogP contribution is -2.65. The molecular formula is C19H25N4O5S2+. The summed E-state index contributed by atoms with van der Waals surface area (Å²) < 4.78 is 3.85. The van der Waals surface area contributed by atoms with Crippen molar-refractivity contribution < 1.29 is 29.5 Å². The minimum atomic E-state index is -1.08. The Morgan fingerprint density at radius 3 is 2.70 bits per heavy atom. The molecule has 162 valence electrons. The summed E-state index contributed by atoms with van der Waals surface area (Å²) in [5.74, 6) is -2.00. The molecular weight excluding hydrogens is 428 g/mol. The Hall–Kier alpha value is -1.92. The molecule has 2 aromatic rings. The number of imidazole rings is 1. The van der Waals surface area contributed by atoms with Crippen molar-refractivity contribution in [3.63, 3.8) is 0 Å². The zero-order valence-corrected chi connectivity index (χ0v) is 18.5. The van der Waals surface area contributed by atoms with Crippen molar-refractivity contribution in [2.24, 2.45) is 11.7 Å². The van der Waals surface area contributed by atoms with Crippen LogP contribution in [0.3, 0.4) is 0 Å². The Morgan fingerprint density at radius 2 is 2.13 bits per heavy atom. The predicted molar refractivity (Wildman–Crippen MR) is 112 cm³/mol. The maximum absolute atomic E-state index is 12.6. The van der Waals surface area contributed by atoms with Gasteiger partial charge in [0.25, 0.3) is 6.33 Å². The first-order chi connectivity index (χ1) is 14.2. The van der Waals surface area contributed by atoms with Crippen molar-refractivity contribution in [3.05, 3.63) is 23.0 Å². The molecule has 9 nitrogen and oxygen atoms in total. The number of amides is 1. The van der Waals surface area contributed by atoms with Gasteiger partial charge in [-0.3, -0.25) is 4.79 Å². The number of carbonyl (C=O) groups excluding carboxylic acids is 1. The number of carboxylic acid groups (broad SMARTS) is 1. The number of aromatic nitrogens is 2. The van der Waals surface area contributed by atoms with Crippen LogP contribution in [0.4, 0.5) is 0 Å². The van der Waals surface area contributed by atoms with Crippen molar-refractivity contribution in [2.75, 3.05) is 12.8 Å². The van der Waals surface area contributed by atoms with Crippen LogP contribution in [0.5, 0.6) is 0 Å². The maximum atomic E-state index is 12.6. The van der Waals surface area contributed by atoms with E-state index < -0.39 is 30.1 Å². The van der Waals surface area contributed by atoms with E-state index in [4.69, 9.17) is 5.73 Å². The number of nitrogens with zero attached hydrogens (tertiary/aromatic N) is 3. The Labute approximate surface area is 181 Å². The van der Waals surface area contributed by atoms with Gasteiger partial charge in [-0.05, 0) is 25.7 Å². The van der Waals surface area contributed by atoms with Gasteiger partial charge in [0.2, 0.25) is 15.8 Å². The quantitative estimate of drug-likeness (QED) is 0.259. The van der Waals surface area contributed by atoms with Gasteiger partial charge in [-0.1, -0.05) is 23.1 Å². The number of hydrogen-bond acceptors (Lipinski definition) is 7. The Bertz CT molecular complexity index is 1060. The second-order valence-electron chi connectivity index (χ2n) is 7.77. The summed E-state index contributed by atoms with van der Waals surface area (Å²) in [5.41, 5.74) is 6.97. The van der Waals surface area contributed by atoms with Gasteiger partial charge in [0.15, 0.2) is 6.04 Å². The predicted octanol–water partition coefficient (Wildman–Crippen LogP) is -0.222. The molecule has 5 N–H and O–H groups in total. The van der Waals surface area contributed by atoms with E-state index in [2.05, 4.69) is 0 Å². The van der Waals surface area contributed by atoms with Crippen LogP contribution in [0.1, 0.15) is 18.7 Å². The maximum Gasteiger partial charge on any atom is 0.331 e. The van der Waals surface area contributed by atoms with Crippen LogP contribution >= 0.6 is 23.1 Å². The summed E-state index contributed by atoms with van der Waals surface area (Å²) >= 11 is 2.99. The van der Waals surface area contributed by atoms with E-state index in [-0.39, 0.29) is 18.5 Å². The van der Waals surface area contributed by atoms with Gasteiger partial charge in [-0.25, -0.2) is 9.36 Å². The highest BCUT2D eigenvalue weighted by atomic mass is 32.2. The van der Waals surface area contributed by atoms with E-state index in [0.717, 1.165) is 20.3 Å². The number of carboxylic acids is 1. The van der Waals surface area contributed by atoms with Gasteiger partial charge < -0.3 is 26.0 Å². The lowest BCUT2D eigenvalue weighted by molar-refractivity contribution is -0.735. The number of nitrogens with two attached hydrogens (primary N) is 1. The van der Waals surface area contributed by atoms with Crippen molar-refractivity contribution >= 4 is 45.4 Å². The van der Waals surface area contributed by atoms with E-state index in [0.29, 0.717) is 12.1 Å². The van der Waals surface area contributed by atoms with E-state index >= 15 is 0 Å². The fraction of sp³-hybridized carbons (Fsp3) is 0.526. The number of fused-ring (bicyclic) bond motifs is 2. The zero-order chi connectivity index (χ0) is 21.9. The Balaban J connectivity index is 1.78. The number of aliphatic hydroxyl groups excluding tert-OH is 2. The molecule has 0 bridgehead atoms. The van der Waals surface area contributed by atoms with E-state index in [1.54, 1.807) is 6.92 Å². The van der Waals surface area contributed by atoms with Gasteiger partial charge in [0.1, 0.15) is 18.8 Å². The van der Waals surface area contributed by atoms with Crippen molar-refractivity contribution in [1.82, 2.24) is 9.30 Å². The first-order valence-electron chi connectivity index (χ1n) is 9.61. The summed E-state index contributed by atoms with van der Waals surface area (Å²) in [7, 11) is 0. The van der Waals surface area contributed by atoms with Crippen LogP contribution in [0, 0.1) is 5.92 Å². The third-order valence-electron chi connectivity index (χ3n) is 5.90. The second-order valence-corrected chi connectivity index (χ2v) is 9.59. The van der Waals surface area contributed by atoms with E-state index in [9.17, 15) is 24.9 Å². The minimum absolute atomic E-state index is 0.164. The lowest BCUT2D eigenvalue weighted by Gasteiger charge is -2.46. The van der Waals surface area contributed by atoms with Crippen molar-refractivity contribution in [3.8, 4) is 0 Å². The van der Waals surface area contributed by atoms with Crippen molar-refractivity contribution in [1.29, 1.82) is 0 Å². The molecule has 1 fully saturated rings. The number of hydrogen-bond donors (Lipinski definition) is 4. The standard InChI is InChI=1S/C19H24N4O5S2/c1-8-12(15(19(27)28)23-14(8)13(9(2)24)16(23)26)11-6-22-7-21(5-10(25)4-20)17(29-3)18(22)30-11/h6-7,9-10,13-15,24-25H,4-5,20H2,1-3H3/p+1/t9-,10-,13-,14-,15?/m1/s1. The summed E-state index contributed by atoms with van der Waals surface area (Å²) in [6.07, 6.45) is 4.18. The molecule has 0 saturated carbocycles. The molecule has 1 saturated heterocycles. The van der Waals surface area contributed by atoms with Gasteiger partial charge in [0.05, 0.1) is 22.9 Å². The molecule has 2 aliphatic heterocycles. The first-order valence-corrected chi connectivity index (χ1v) is 11.7. The summed E-state index contributed by atoms with van der Waals surface area (Å²) in [6, 6.07) is -1.44. The molecule has 4 heterocycles. The molecule has 11 heteroatoms. The normalized spacial score (nSPS) is 25.6. The van der Waals surface area contributed by atoms with E-state index in [1.165, 1.54) is 28.0 Å². The third-order valence-corrected chi connectivity index (χ3v) is 7.98. The molecule has 0 spiro atoms. The number of rotatable bonds is 7. The van der Waals surface area contributed by atoms with Crippen molar-refractivity contribution in [2.45, 2.75) is 49.7 Å². The molecule has 1 unspecified atom stereocenters. The third kappa shape index (κ3) is 2.99. The number of aliphatic hydroxyl groups is 2. The SMILES string of the molecule is CSc1c2sc(C3=C(C)[C@@H]4[C@@H]([C@@H](C)O)C(=O)N4C3C(=O)O)cn2c[n+]1C[C@H](O)CN. The average molecular weight is 454 g/mol.